The zero-order valence-electron chi connectivity index (χ0n) is 10.5. The van der Waals surface area contributed by atoms with Crippen LogP contribution in [0.1, 0.15) is 25.2 Å². The summed E-state index contributed by atoms with van der Waals surface area (Å²) in [7, 11) is 4.12. The summed E-state index contributed by atoms with van der Waals surface area (Å²) in [5, 5.41) is 5.35. The van der Waals surface area contributed by atoms with Crippen molar-refractivity contribution in [1.82, 2.24) is 14.7 Å². The smallest absolute Gasteiger partial charge is 0.0739 e. The monoisotopic (exact) mass is 351 g/mol. The van der Waals surface area contributed by atoms with Gasteiger partial charge in [-0.05, 0) is 43.7 Å². The molecule has 0 fully saturated rings. The predicted octanol–water partition coefficient (Wildman–Crippen LogP) is 3.10. The predicted molar refractivity (Wildman–Crippen MR) is 75.0 cm³/mol. The number of aryl methyl sites for hydroxylation is 2. The van der Waals surface area contributed by atoms with Crippen LogP contribution in [0.4, 0.5) is 0 Å². The van der Waals surface area contributed by atoms with Gasteiger partial charge in [-0.15, -0.1) is 0 Å². The fourth-order valence-corrected chi connectivity index (χ4v) is 2.28. The van der Waals surface area contributed by atoms with Crippen molar-refractivity contribution in [2.45, 2.75) is 32.9 Å². The minimum atomic E-state index is 0.137. The third kappa shape index (κ3) is 2.87. The fourth-order valence-electron chi connectivity index (χ4n) is 1.39. The molecule has 0 unspecified atom stereocenters. The Hall–Kier alpha value is 0.130. The third-order valence-corrected chi connectivity index (χ3v) is 5.41. The van der Waals surface area contributed by atoms with Crippen molar-refractivity contribution in [3.63, 3.8) is 0 Å². The van der Waals surface area contributed by atoms with Crippen molar-refractivity contribution in [2.24, 2.45) is 7.05 Å². The molecule has 16 heavy (non-hydrogen) atoms. The Morgan fingerprint density at radius 3 is 2.38 bits per heavy atom. The number of rotatable bonds is 4. The molecule has 0 bridgehead atoms. The molecule has 1 aromatic rings. The zero-order chi connectivity index (χ0) is 12.5. The Bertz CT molecular complexity index is 372. The molecule has 1 heterocycles. The molecule has 0 aromatic carbocycles. The number of hydrogen-bond donors (Lipinski definition) is 0. The number of aromatic nitrogens is 2. The van der Waals surface area contributed by atoms with Gasteiger partial charge in [-0.1, -0.05) is 15.9 Å². The van der Waals surface area contributed by atoms with Crippen LogP contribution in [-0.4, -0.2) is 32.6 Å². The van der Waals surface area contributed by atoms with Crippen LogP contribution in [0.5, 0.6) is 0 Å². The largest absolute Gasteiger partial charge is 0.295 e. The normalized spacial score (nSPS) is 12.5. The number of nitrogens with zero attached hydrogens (tertiary/aromatic N) is 3. The summed E-state index contributed by atoms with van der Waals surface area (Å²) < 4.78 is 3.06. The van der Waals surface area contributed by atoms with Gasteiger partial charge in [0, 0.05) is 24.5 Å². The fraction of sp³-hybridized carbons (Fsp3) is 0.727. The minimum absolute atomic E-state index is 0.137. The standard InChI is InChI=1S/C11H19Br2N3/c1-8-10(13)9(16(5)14-8)6-15(4)11(2,3)7-12/h6-7H2,1-5H3. The molecule has 1 rings (SSSR count). The second kappa shape index (κ2) is 5.19. The second-order valence-electron chi connectivity index (χ2n) is 4.77. The molecule has 0 aliphatic carbocycles. The van der Waals surface area contributed by atoms with Crippen LogP contribution >= 0.6 is 31.9 Å². The van der Waals surface area contributed by atoms with Gasteiger partial charge in [-0.3, -0.25) is 9.58 Å². The van der Waals surface area contributed by atoms with Crippen molar-refractivity contribution in [3.05, 3.63) is 15.9 Å². The van der Waals surface area contributed by atoms with Gasteiger partial charge in [0.15, 0.2) is 0 Å². The van der Waals surface area contributed by atoms with E-state index in [0.717, 1.165) is 22.0 Å². The third-order valence-electron chi connectivity index (χ3n) is 3.01. The van der Waals surface area contributed by atoms with E-state index in [-0.39, 0.29) is 5.54 Å². The maximum absolute atomic E-state index is 4.40. The van der Waals surface area contributed by atoms with Gasteiger partial charge in [-0.2, -0.15) is 5.10 Å². The van der Waals surface area contributed by atoms with Crippen molar-refractivity contribution < 1.29 is 0 Å². The highest BCUT2D eigenvalue weighted by Gasteiger charge is 2.24. The summed E-state index contributed by atoms with van der Waals surface area (Å²) in [4.78, 5) is 2.32. The second-order valence-corrected chi connectivity index (χ2v) is 6.13. The number of halogens is 2. The molecule has 0 saturated carbocycles. The molecule has 0 amide bonds. The molecular weight excluding hydrogens is 334 g/mol. The molecule has 0 spiro atoms. The van der Waals surface area contributed by atoms with Gasteiger partial charge in [0.2, 0.25) is 0 Å². The zero-order valence-corrected chi connectivity index (χ0v) is 13.7. The van der Waals surface area contributed by atoms with E-state index in [4.69, 9.17) is 0 Å². The highest BCUT2D eigenvalue weighted by molar-refractivity contribution is 9.10. The van der Waals surface area contributed by atoms with Crippen molar-refractivity contribution in [3.8, 4) is 0 Å². The van der Waals surface area contributed by atoms with E-state index in [1.807, 2.05) is 18.7 Å². The Balaban J connectivity index is 2.89. The summed E-state index contributed by atoms with van der Waals surface area (Å²) in [6.45, 7) is 7.34. The Kier molecular flexibility index (Phi) is 4.60. The Morgan fingerprint density at radius 1 is 1.44 bits per heavy atom. The quantitative estimate of drug-likeness (QED) is 0.776. The average molecular weight is 353 g/mol. The van der Waals surface area contributed by atoms with Gasteiger partial charge >= 0.3 is 0 Å². The molecular formula is C11H19Br2N3. The Morgan fingerprint density at radius 2 is 2.00 bits per heavy atom. The summed E-state index contributed by atoms with van der Waals surface area (Å²) in [5.74, 6) is 0. The molecule has 0 aliphatic rings. The van der Waals surface area contributed by atoms with Gasteiger partial charge in [0.25, 0.3) is 0 Å². The highest BCUT2D eigenvalue weighted by atomic mass is 79.9. The van der Waals surface area contributed by atoms with Crippen LogP contribution in [0.2, 0.25) is 0 Å². The molecule has 1 aromatic heterocycles. The van der Waals surface area contributed by atoms with Crippen LogP contribution in [-0.2, 0) is 13.6 Å². The van der Waals surface area contributed by atoms with Crippen molar-refractivity contribution in [2.75, 3.05) is 12.4 Å². The van der Waals surface area contributed by atoms with Crippen LogP contribution in [0.3, 0.4) is 0 Å². The van der Waals surface area contributed by atoms with Crippen LogP contribution in [0, 0.1) is 6.92 Å². The highest BCUT2D eigenvalue weighted by Crippen LogP contribution is 2.24. The maximum Gasteiger partial charge on any atom is 0.0739 e. The summed E-state index contributed by atoms with van der Waals surface area (Å²) in [6, 6.07) is 0. The van der Waals surface area contributed by atoms with E-state index in [2.05, 4.69) is 62.8 Å². The topological polar surface area (TPSA) is 21.1 Å². The SMILES string of the molecule is Cc1nn(C)c(CN(C)C(C)(C)CBr)c1Br. The first kappa shape index (κ1) is 14.2. The van der Waals surface area contributed by atoms with Gasteiger partial charge in [-0.25, -0.2) is 0 Å². The van der Waals surface area contributed by atoms with E-state index in [1.165, 1.54) is 5.69 Å². The number of alkyl halides is 1. The lowest BCUT2D eigenvalue weighted by Crippen LogP contribution is -2.42. The van der Waals surface area contributed by atoms with E-state index in [0.29, 0.717) is 0 Å². The van der Waals surface area contributed by atoms with E-state index in [1.54, 1.807) is 0 Å². The Labute approximate surface area is 114 Å². The lowest BCUT2D eigenvalue weighted by molar-refractivity contribution is 0.169. The summed E-state index contributed by atoms with van der Waals surface area (Å²) in [5.41, 5.74) is 2.40. The van der Waals surface area contributed by atoms with Gasteiger partial charge in [0.05, 0.1) is 15.9 Å². The molecule has 5 heteroatoms. The molecule has 92 valence electrons. The first-order valence-electron chi connectivity index (χ1n) is 5.24. The first-order chi connectivity index (χ1) is 7.29. The lowest BCUT2D eigenvalue weighted by Gasteiger charge is -2.34. The molecule has 0 aliphatic heterocycles. The van der Waals surface area contributed by atoms with Crippen LogP contribution in [0.25, 0.3) is 0 Å². The summed E-state index contributed by atoms with van der Waals surface area (Å²) >= 11 is 7.15. The van der Waals surface area contributed by atoms with Gasteiger partial charge in [0.1, 0.15) is 0 Å². The van der Waals surface area contributed by atoms with Crippen molar-refractivity contribution >= 4 is 31.9 Å². The van der Waals surface area contributed by atoms with E-state index < -0.39 is 0 Å². The molecule has 0 radical (unpaired) electrons. The average Bonchev–Trinajstić information content (AvgIpc) is 2.45. The first-order valence-corrected chi connectivity index (χ1v) is 7.16. The molecule has 0 saturated heterocycles. The molecule has 3 nitrogen and oxygen atoms in total. The van der Waals surface area contributed by atoms with Crippen molar-refractivity contribution in [1.29, 1.82) is 0 Å². The van der Waals surface area contributed by atoms with Crippen LogP contribution in [0.15, 0.2) is 4.47 Å². The lowest BCUT2D eigenvalue weighted by atomic mass is 10.1. The minimum Gasteiger partial charge on any atom is -0.295 e. The summed E-state index contributed by atoms with van der Waals surface area (Å²) in [6.07, 6.45) is 0. The maximum atomic E-state index is 4.40. The van der Waals surface area contributed by atoms with Gasteiger partial charge < -0.3 is 0 Å². The van der Waals surface area contributed by atoms with Crippen LogP contribution < -0.4 is 0 Å². The van der Waals surface area contributed by atoms with E-state index in [9.17, 15) is 0 Å². The number of hydrogen-bond acceptors (Lipinski definition) is 2. The molecule has 0 N–H and O–H groups in total. The molecule has 0 atom stereocenters. The van der Waals surface area contributed by atoms with E-state index >= 15 is 0 Å².